The number of unbranched alkanes of at least 4 members (excludes halogenated alkanes) is 6. The van der Waals surface area contributed by atoms with Gasteiger partial charge in [-0.05, 0) is 32.1 Å². The summed E-state index contributed by atoms with van der Waals surface area (Å²) < 4.78 is 0. The average molecular weight is 334 g/mol. The molecule has 0 fully saturated rings. The molecule has 0 amide bonds. The third-order valence-electron chi connectivity index (χ3n) is 3.77. The first-order chi connectivity index (χ1) is 11.7. The summed E-state index contributed by atoms with van der Waals surface area (Å²) in [6, 6.07) is -1.19. The molecular formula is C20H32NO3. The molecule has 4 nitrogen and oxygen atoms in total. The smallest absolute Gasteiger partial charge is 0.278 e. The van der Waals surface area contributed by atoms with Crippen LogP contribution in [0.4, 0.5) is 0 Å². The van der Waals surface area contributed by atoms with Crippen LogP contribution in [0.15, 0.2) is 36.5 Å². The van der Waals surface area contributed by atoms with E-state index in [-0.39, 0.29) is 6.42 Å². The number of nitro groups is 1. The summed E-state index contributed by atoms with van der Waals surface area (Å²) in [5, 5.41) is 10.4. The Hall–Kier alpha value is -1.71. The van der Waals surface area contributed by atoms with Gasteiger partial charge >= 0.3 is 0 Å². The fourth-order valence-electron chi connectivity index (χ4n) is 2.28. The normalized spacial score (nSPS) is 13.2. The summed E-state index contributed by atoms with van der Waals surface area (Å²) in [7, 11) is 0. The molecule has 0 aromatic rings. The van der Waals surface area contributed by atoms with Gasteiger partial charge in [0.05, 0.1) is 0 Å². The largest absolute Gasteiger partial charge is 0.283 e. The van der Waals surface area contributed by atoms with E-state index in [4.69, 9.17) is 0 Å². The van der Waals surface area contributed by atoms with Gasteiger partial charge in [-0.15, -0.1) is 0 Å². The van der Waals surface area contributed by atoms with Gasteiger partial charge in [0.2, 0.25) is 0 Å². The maximum absolute atomic E-state index is 10.4. The molecule has 0 spiro atoms. The minimum atomic E-state index is -1.19. The average Bonchev–Trinajstić information content (AvgIpc) is 2.57. The molecule has 0 aromatic carbocycles. The van der Waals surface area contributed by atoms with E-state index in [0.29, 0.717) is 6.42 Å². The molecule has 1 atom stereocenters. The Kier molecular flexibility index (Phi) is 16.4. The van der Waals surface area contributed by atoms with Gasteiger partial charge in [-0.1, -0.05) is 75.5 Å². The van der Waals surface area contributed by atoms with Crippen LogP contribution in [0.25, 0.3) is 0 Å². The topological polar surface area (TPSA) is 60.2 Å². The second-order valence-corrected chi connectivity index (χ2v) is 5.94. The van der Waals surface area contributed by atoms with Crippen LogP contribution < -0.4 is 0 Å². The summed E-state index contributed by atoms with van der Waals surface area (Å²) in [5.41, 5.74) is 0. The van der Waals surface area contributed by atoms with Crippen LogP contribution in [0, 0.1) is 10.1 Å². The fourth-order valence-corrected chi connectivity index (χ4v) is 2.28. The third kappa shape index (κ3) is 15.2. The van der Waals surface area contributed by atoms with E-state index in [1.165, 1.54) is 51.2 Å². The maximum atomic E-state index is 10.4. The Morgan fingerprint density at radius 3 is 2.00 bits per heavy atom. The quantitative estimate of drug-likeness (QED) is 0.157. The molecule has 0 aliphatic heterocycles. The first-order valence-electron chi connectivity index (χ1n) is 9.18. The van der Waals surface area contributed by atoms with Crippen molar-refractivity contribution in [3.63, 3.8) is 0 Å². The zero-order valence-corrected chi connectivity index (χ0v) is 15.0. The molecule has 4 heteroatoms. The highest BCUT2D eigenvalue weighted by Gasteiger charge is 2.18. The maximum Gasteiger partial charge on any atom is 0.278 e. The molecule has 0 aromatic heterocycles. The van der Waals surface area contributed by atoms with Crippen LogP contribution in [0.2, 0.25) is 0 Å². The minimum absolute atomic E-state index is 0.220. The number of allylic oxidation sites excluding steroid dienone is 6. The monoisotopic (exact) mass is 334 g/mol. The van der Waals surface area contributed by atoms with Crippen LogP contribution in [0.3, 0.4) is 0 Å². The molecule has 0 heterocycles. The van der Waals surface area contributed by atoms with Gasteiger partial charge in [0.25, 0.3) is 12.3 Å². The second kappa shape index (κ2) is 17.6. The number of hydrogen-bond donors (Lipinski definition) is 0. The molecule has 24 heavy (non-hydrogen) atoms. The summed E-state index contributed by atoms with van der Waals surface area (Å²) in [6.07, 6.45) is 25.7. The Morgan fingerprint density at radius 1 is 0.875 bits per heavy atom. The number of nitrogens with zero attached hydrogens (tertiary/aromatic N) is 1. The zero-order chi connectivity index (χ0) is 17.9. The van der Waals surface area contributed by atoms with Crippen molar-refractivity contribution in [1.82, 2.24) is 0 Å². The Balaban J connectivity index is 3.48. The summed E-state index contributed by atoms with van der Waals surface area (Å²) in [4.78, 5) is 20.2. The van der Waals surface area contributed by atoms with Crippen LogP contribution in [0.5, 0.6) is 0 Å². The molecular weight excluding hydrogens is 302 g/mol. The van der Waals surface area contributed by atoms with Crippen LogP contribution >= 0.6 is 0 Å². The van der Waals surface area contributed by atoms with Crippen LogP contribution in [0.1, 0.15) is 77.6 Å². The molecule has 1 unspecified atom stereocenters. The highest BCUT2D eigenvalue weighted by Crippen LogP contribution is 2.07. The first-order valence-corrected chi connectivity index (χ1v) is 9.18. The van der Waals surface area contributed by atoms with Crippen LogP contribution in [-0.4, -0.2) is 17.3 Å². The highest BCUT2D eigenvalue weighted by molar-refractivity contribution is 5.56. The molecule has 1 radical (unpaired) electrons. The summed E-state index contributed by atoms with van der Waals surface area (Å²) in [6.45, 7) is 2.24. The van der Waals surface area contributed by atoms with E-state index < -0.39 is 11.0 Å². The van der Waals surface area contributed by atoms with Crippen molar-refractivity contribution < 1.29 is 9.72 Å². The van der Waals surface area contributed by atoms with E-state index in [2.05, 4.69) is 31.2 Å². The Morgan fingerprint density at radius 2 is 1.42 bits per heavy atom. The predicted octanol–water partition coefficient (Wildman–Crippen LogP) is 5.72. The van der Waals surface area contributed by atoms with E-state index >= 15 is 0 Å². The lowest BCUT2D eigenvalue weighted by Gasteiger charge is -1.97. The van der Waals surface area contributed by atoms with Crippen molar-refractivity contribution in [1.29, 1.82) is 0 Å². The van der Waals surface area contributed by atoms with Crippen molar-refractivity contribution in [3.8, 4) is 0 Å². The van der Waals surface area contributed by atoms with Gasteiger partial charge in [-0.25, -0.2) is 0 Å². The summed E-state index contributed by atoms with van der Waals surface area (Å²) in [5.74, 6) is 0. The lowest BCUT2D eigenvalue weighted by molar-refractivity contribution is -0.503. The van der Waals surface area contributed by atoms with Gasteiger partial charge in [0.15, 0.2) is 0 Å². The van der Waals surface area contributed by atoms with Crippen molar-refractivity contribution in [2.45, 2.75) is 83.6 Å². The Bertz CT molecular complexity index is 400. The molecule has 0 bridgehead atoms. The third-order valence-corrected chi connectivity index (χ3v) is 3.77. The minimum Gasteiger partial charge on any atom is -0.283 e. The zero-order valence-electron chi connectivity index (χ0n) is 15.0. The number of rotatable bonds is 16. The standard InChI is InChI=1S/C20H32NO3/c1-2-3-4-5-6-7-8-9-10-11-12-13-14-15-16-17-18-20(19-22)21(23)24/h9-10,12-13,15-16,20H,2-8,11,14,17-18H2,1H3/b10-9+,13-12+,16-15+. The number of hydrogen-bond acceptors (Lipinski definition) is 3. The van der Waals surface area contributed by atoms with E-state index in [1.807, 2.05) is 12.2 Å². The van der Waals surface area contributed by atoms with Gasteiger partial charge in [-0.2, -0.15) is 0 Å². The summed E-state index contributed by atoms with van der Waals surface area (Å²) >= 11 is 0. The van der Waals surface area contributed by atoms with Crippen molar-refractivity contribution in [2.24, 2.45) is 0 Å². The lowest BCUT2D eigenvalue weighted by atomic mass is 10.1. The van der Waals surface area contributed by atoms with E-state index in [1.54, 1.807) is 0 Å². The molecule has 0 N–H and O–H groups in total. The second-order valence-electron chi connectivity index (χ2n) is 5.94. The highest BCUT2D eigenvalue weighted by atomic mass is 16.6. The molecule has 0 rings (SSSR count). The van der Waals surface area contributed by atoms with Crippen molar-refractivity contribution in [3.05, 3.63) is 46.6 Å². The van der Waals surface area contributed by atoms with Gasteiger partial charge < -0.3 is 0 Å². The van der Waals surface area contributed by atoms with Gasteiger partial charge in [-0.3, -0.25) is 14.9 Å². The van der Waals surface area contributed by atoms with Gasteiger partial charge in [0, 0.05) is 11.3 Å². The number of carbonyl (C=O) groups excluding carboxylic acids is 1. The van der Waals surface area contributed by atoms with Crippen LogP contribution in [-0.2, 0) is 4.79 Å². The van der Waals surface area contributed by atoms with Crippen molar-refractivity contribution >= 4 is 6.29 Å². The SMILES string of the molecule is CCCCCCCC/C=C/C/C=C/C/C=C/CCC([C]=O)[N+](=O)[O-]. The Labute approximate surface area is 146 Å². The predicted molar refractivity (Wildman–Crippen MR) is 100 cm³/mol. The molecule has 0 aliphatic rings. The molecule has 0 saturated heterocycles. The lowest BCUT2D eigenvalue weighted by Crippen LogP contribution is -2.20. The van der Waals surface area contributed by atoms with E-state index in [9.17, 15) is 14.9 Å². The van der Waals surface area contributed by atoms with E-state index in [0.717, 1.165) is 12.8 Å². The van der Waals surface area contributed by atoms with Gasteiger partial charge in [0.1, 0.15) is 0 Å². The molecule has 135 valence electrons. The molecule has 0 saturated carbocycles. The molecule has 0 aliphatic carbocycles. The van der Waals surface area contributed by atoms with Crippen molar-refractivity contribution in [2.75, 3.05) is 0 Å². The first kappa shape index (κ1) is 22.3. The fraction of sp³-hybridized carbons (Fsp3) is 0.650.